The van der Waals surface area contributed by atoms with E-state index < -0.39 is 0 Å². The number of hydrogen-bond donors (Lipinski definition) is 1. The van der Waals surface area contributed by atoms with Gasteiger partial charge in [-0.2, -0.15) is 0 Å². The Labute approximate surface area is 141 Å². The number of rotatable bonds is 3. The molecule has 0 saturated heterocycles. The minimum Gasteiger partial charge on any atom is -0.508 e. The Morgan fingerprint density at radius 1 is 0.750 bits per heavy atom. The molecule has 0 aliphatic carbocycles. The summed E-state index contributed by atoms with van der Waals surface area (Å²) in [6.45, 7) is 0. The second-order valence-electron chi connectivity index (χ2n) is 5.92. The highest BCUT2D eigenvalue weighted by molar-refractivity contribution is 5.94. The Morgan fingerprint density at radius 3 is 2.33 bits per heavy atom. The number of aromatic nitrogens is 1. The van der Waals surface area contributed by atoms with Gasteiger partial charge in [-0.3, -0.25) is 4.98 Å². The molecular formula is C22H17NO. The number of nitrogens with zero attached hydrogens (tertiary/aromatic N) is 1. The third-order valence-electron chi connectivity index (χ3n) is 4.22. The van der Waals surface area contributed by atoms with E-state index in [9.17, 15) is 5.11 Å². The predicted octanol–water partition coefficient (Wildman–Crippen LogP) is 5.20. The molecule has 0 spiro atoms. The number of aromatic hydroxyl groups is 1. The normalized spacial score (nSPS) is 10.8. The average molecular weight is 311 g/mol. The molecule has 4 rings (SSSR count). The Balaban J connectivity index is 1.80. The van der Waals surface area contributed by atoms with Gasteiger partial charge in [-0.15, -0.1) is 0 Å². The largest absolute Gasteiger partial charge is 0.508 e. The van der Waals surface area contributed by atoms with Crippen LogP contribution in [0.3, 0.4) is 0 Å². The summed E-state index contributed by atoms with van der Waals surface area (Å²) in [6.07, 6.45) is 2.74. The first-order valence-electron chi connectivity index (χ1n) is 8.00. The van der Waals surface area contributed by atoms with Crippen LogP contribution in [0.4, 0.5) is 0 Å². The van der Waals surface area contributed by atoms with Crippen LogP contribution in [0.25, 0.3) is 22.0 Å². The first-order chi connectivity index (χ1) is 11.8. The first-order valence-corrected chi connectivity index (χ1v) is 8.00. The van der Waals surface area contributed by atoms with Crippen molar-refractivity contribution in [1.82, 2.24) is 4.98 Å². The summed E-state index contributed by atoms with van der Waals surface area (Å²) in [5.74, 6) is 0.267. The second-order valence-corrected chi connectivity index (χ2v) is 5.92. The van der Waals surface area contributed by atoms with E-state index in [0.717, 1.165) is 23.1 Å². The molecule has 0 aliphatic heterocycles. The third kappa shape index (κ3) is 2.86. The molecule has 1 aromatic heterocycles. The molecule has 0 saturated carbocycles. The van der Waals surface area contributed by atoms with Crippen molar-refractivity contribution in [3.8, 4) is 17.0 Å². The van der Waals surface area contributed by atoms with Crippen LogP contribution in [0.2, 0.25) is 0 Å². The molecule has 0 aliphatic rings. The molecule has 0 unspecified atom stereocenters. The van der Waals surface area contributed by atoms with Crippen molar-refractivity contribution >= 4 is 10.8 Å². The summed E-state index contributed by atoms with van der Waals surface area (Å²) < 4.78 is 0. The Bertz CT molecular complexity index is 976. The summed E-state index contributed by atoms with van der Waals surface area (Å²) in [5.41, 5.74) is 4.52. The van der Waals surface area contributed by atoms with E-state index in [2.05, 4.69) is 47.4 Å². The van der Waals surface area contributed by atoms with E-state index in [0.29, 0.717) is 0 Å². The lowest BCUT2D eigenvalue weighted by molar-refractivity contribution is 0.475. The molecule has 1 N–H and O–H groups in total. The fourth-order valence-corrected chi connectivity index (χ4v) is 3.01. The highest BCUT2D eigenvalue weighted by Gasteiger charge is 2.07. The van der Waals surface area contributed by atoms with E-state index in [4.69, 9.17) is 0 Å². The van der Waals surface area contributed by atoms with Gasteiger partial charge in [0.05, 0.1) is 5.69 Å². The SMILES string of the molecule is Oc1ccc(-c2nccc3ccc(Cc4ccccc4)cc23)cc1. The van der Waals surface area contributed by atoms with E-state index in [1.165, 1.54) is 16.5 Å². The molecule has 3 aromatic carbocycles. The van der Waals surface area contributed by atoms with Crippen molar-refractivity contribution in [2.45, 2.75) is 6.42 Å². The Hall–Kier alpha value is -3.13. The molecule has 0 atom stereocenters. The van der Waals surface area contributed by atoms with Crippen molar-refractivity contribution in [1.29, 1.82) is 0 Å². The van der Waals surface area contributed by atoms with E-state index in [-0.39, 0.29) is 5.75 Å². The number of phenolic OH excluding ortho intramolecular Hbond substituents is 1. The summed E-state index contributed by atoms with van der Waals surface area (Å²) in [6, 6.07) is 26.3. The first kappa shape index (κ1) is 14.5. The lowest BCUT2D eigenvalue weighted by atomic mass is 9.98. The number of benzene rings is 3. The van der Waals surface area contributed by atoms with Gasteiger partial charge in [-0.05, 0) is 59.3 Å². The van der Waals surface area contributed by atoms with Crippen molar-refractivity contribution in [3.63, 3.8) is 0 Å². The average Bonchev–Trinajstić information content (AvgIpc) is 2.63. The summed E-state index contributed by atoms with van der Waals surface area (Å²) in [7, 11) is 0. The van der Waals surface area contributed by atoms with Crippen LogP contribution in [-0.4, -0.2) is 10.1 Å². The van der Waals surface area contributed by atoms with Gasteiger partial charge >= 0.3 is 0 Å². The van der Waals surface area contributed by atoms with Crippen LogP contribution in [0, 0.1) is 0 Å². The Kier molecular flexibility index (Phi) is 3.72. The van der Waals surface area contributed by atoms with Crippen molar-refractivity contribution in [2.75, 3.05) is 0 Å². The van der Waals surface area contributed by atoms with Crippen LogP contribution >= 0.6 is 0 Å². The van der Waals surface area contributed by atoms with Crippen molar-refractivity contribution in [2.24, 2.45) is 0 Å². The topological polar surface area (TPSA) is 33.1 Å². The van der Waals surface area contributed by atoms with Crippen LogP contribution in [0.5, 0.6) is 5.75 Å². The monoisotopic (exact) mass is 311 g/mol. The lowest BCUT2D eigenvalue weighted by Gasteiger charge is -2.09. The van der Waals surface area contributed by atoms with E-state index in [1.807, 2.05) is 30.5 Å². The molecule has 0 bridgehead atoms. The van der Waals surface area contributed by atoms with Crippen LogP contribution < -0.4 is 0 Å². The molecule has 0 amide bonds. The molecule has 2 nitrogen and oxygen atoms in total. The van der Waals surface area contributed by atoms with Gasteiger partial charge < -0.3 is 5.11 Å². The summed E-state index contributed by atoms with van der Waals surface area (Å²) in [4.78, 5) is 4.57. The minimum absolute atomic E-state index is 0.267. The fourth-order valence-electron chi connectivity index (χ4n) is 3.01. The number of pyridine rings is 1. The molecular weight excluding hydrogens is 294 g/mol. The zero-order chi connectivity index (χ0) is 16.4. The van der Waals surface area contributed by atoms with Crippen LogP contribution in [-0.2, 0) is 6.42 Å². The lowest BCUT2D eigenvalue weighted by Crippen LogP contribution is -1.90. The van der Waals surface area contributed by atoms with Gasteiger partial charge in [0.1, 0.15) is 5.75 Å². The number of fused-ring (bicyclic) bond motifs is 1. The van der Waals surface area contributed by atoms with Crippen LogP contribution in [0.15, 0.2) is 85.1 Å². The smallest absolute Gasteiger partial charge is 0.115 e. The van der Waals surface area contributed by atoms with E-state index in [1.54, 1.807) is 12.1 Å². The number of phenols is 1. The molecule has 24 heavy (non-hydrogen) atoms. The maximum absolute atomic E-state index is 9.50. The zero-order valence-corrected chi connectivity index (χ0v) is 13.2. The molecule has 116 valence electrons. The van der Waals surface area contributed by atoms with Gasteiger partial charge in [-0.25, -0.2) is 0 Å². The van der Waals surface area contributed by atoms with Gasteiger partial charge in [0.2, 0.25) is 0 Å². The zero-order valence-electron chi connectivity index (χ0n) is 13.2. The van der Waals surface area contributed by atoms with Crippen molar-refractivity contribution < 1.29 is 5.11 Å². The fraction of sp³-hybridized carbons (Fsp3) is 0.0455. The standard InChI is InChI=1S/C22H17NO/c24-20-10-8-19(9-11-20)22-21-15-17(6-7-18(21)12-13-23-22)14-16-4-2-1-3-5-16/h1-13,15,24H,14H2. The highest BCUT2D eigenvalue weighted by atomic mass is 16.3. The summed E-state index contributed by atoms with van der Waals surface area (Å²) >= 11 is 0. The van der Waals surface area contributed by atoms with Gasteiger partial charge in [-0.1, -0.05) is 42.5 Å². The molecule has 0 fully saturated rings. The summed E-state index contributed by atoms with van der Waals surface area (Å²) in [5, 5.41) is 11.8. The minimum atomic E-state index is 0.267. The quantitative estimate of drug-likeness (QED) is 0.564. The van der Waals surface area contributed by atoms with Gasteiger partial charge in [0.15, 0.2) is 0 Å². The molecule has 1 heterocycles. The number of hydrogen-bond acceptors (Lipinski definition) is 2. The van der Waals surface area contributed by atoms with E-state index >= 15 is 0 Å². The Morgan fingerprint density at radius 2 is 1.54 bits per heavy atom. The van der Waals surface area contributed by atoms with Crippen LogP contribution in [0.1, 0.15) is 11.1 Å². The molecule has 0 radical (unpaired) electrons. The molecule has 2 heteroatoms. The maximum atomic E-state index is 9.50. The van der Waals surface area contributed by atoms with Gasteiger partial charge in [0.25, 0.3) is 0 Å². The highest BCUT2D eigenvalue weighted by Crippen LogP contribution is 2.29. The molecule has 4 aromatic rings. The van der Waals surface area contributed by atoms with Crippen molar-refractivity contribution in [3.05, 3.63) is 96.2 Å². The third-order valence-corrected chi connectivity index (χ3v) is 4.22. The van der Waals surface area contributed by atoms with Gasteiger partial charge in [0, 0.05) is 17.1 Å². The predicted molar refractivity (Wildman–Crippen MR) is 98.1 cm³/mol. The second kappa shape index (κ2) is 6.17. The maximum Gasteiger partial charge on any atom is 0.115 e.